The highest BCUT2D eigenvalue weighted by Gasteiger charge is 2.34. The predicted octanol–water partition coefficient (Wildman–Crippen LogP) is 5.68. The molecule has 9 nitrogen and oxygen atoms in total. The van der Waals surface area contributed by atoms with E-state index in [2.05, 4.69) is 5.32 Å². The summed E-state index contributed by atoms with van der Waals surface area (Å²) in [5.41, 5.74) is 0.772. The third-order valence-electron chi connectivity index (χ3n) is 7.17. The molecule has 0 radical (unpaired) electrons. The molecule has 1 aliphatic rings. The molecule has 0 aromatic heterocycles. The van der Waals surface area contributed by atoms with E-state index in [1.54, 1.807) is 55.5 Å². The summed E-state index contributed by atoms with van der Waals surface area (Å²) in [6.07, 6.45) is 0.987. The maximum Gasteiger partial charge on any atom is 0.264 e. The van der Waals surface area contributed by atoms with Gasteiger partial charge in [-0.1, -0.05) is 61.3 Å². The van der Waals surface area contributed by atoms with Crippen LogP contribution in [-0.4, -0.2) is 57.0 Å². The lowest BCUT2D eigenvalue weighted by Gasteiger charge is -2.34. The average Bonchev–Trinajstić information content (AvgIpc) is 3.00. The molecule has 1 heterocycles. The molecule has 0 fully saturated rings. The monoisotopic (exact) mass is 647 g/mol. The van der Waals surface area contributed by atoms with Crippen LogP contribution in [0.25, 0.3) is 0 Å². The number of hydrogen-bond donors (Lipinski definition) is 1. The molecular weight excluding hydrogens is 613 g/mol. The maximum atomic E-state index is 14.3. The first kappa shape index (κ1) is 32.4. The van der Waals surface area contributed by atoms with Gasteiger partial charge in [-0.15, -0.1) is 0 Å². The Bertz CT molecular complexity index is 1550. The van der Waals surface area contributed by atoms with Crippen molar-refractivity contribution in [1.29, 1.82) is 0 Å². The molecule has 0 unspecified atom stereocenters. The second-order valence-corrected chi connectivity index (χ2v) is 12.9. The van der Waals surface area contributed by atoms with Crippen LogP contribution in [0.15, 0.2) is 71.6 Å². The SMILES string of the molecule is CC[C@@H](C)NC(=O)[C@@H](CC)N(Cc1ccc(Cl)cc1Cl)C(=O)CN(c1ccc2c(c1)OCCO2)S(=O)(=O)c1ccccc1. The number of fused-ring (bicyclic) bond motifs is 1. The van der Waals surface area contributed by atoms with Crippen molar-refractivity contribution >= 4 is 50.7 Å². The summed E-state index contributed by atoms with van der Waals surface area (Å²) in [5.74, 6) is -0.0857. The van der Waals surface area contributed by atoms with Crippen LogP contribution in [0.4, 0.5) is 5.69 Å². The maximum absolute atomic E-state index is 14.3. The number of ether oxygens (including phenoxy) is 2. The zero-order chi connectivity index (χ0) is 31.1. The fourth-order valence-corrected chi connectivity index (χ4v) is 6.52. The van der Waals surface area contributed by atoms with E-state index >= 15 is 0 Å². The highest BCUT2D eigenvalue weighted by atomic mass is 35.5. The lowest BCUT2D eigenvalue weighted by Crippen LogP contribution is -2.53. The number of halogens is 2. The van der Waals surface area contributed by atoms with Gasteiger partial charge in [-0.05, 0) is 61.7 Å². The Morgan fingerprint density at radius 3 is 2.28 bits per heavy atom. The molecule has 3 aromatic carbocycles. The normalized spacial score (nSPS) is 14.0. The van der Waals surface area contributed by atoms with Crippen molar-refractivity contribution in [3.63, 3.8) is 0 Å². The molecule has 12 heteroatoms. The third kappa shape index (κ3) is 7.74. The average molecular weight is 649 g/mol. The van der Waals surface area contributed by atoms with Gasteiger partial charge in [0.05, 0.1) is 10.6 Å². The fraction of sp³-hybridized carbons (Fsp3) is 0.355. The van der Waals surface area contributed by atoms with Gasteiger partial charge >= 0.3 is 0 Å². The van der Waals surface area contributed by atoms with E-state index in [0.717, 1.165) is 4.31 Å². The van der Waals surface area contributed by atoms with Gasteiger partial charge in [-0.25, -0.2) is 8.42 Å². The van der Waals surface area contributed by atoms with Crippen LogP contribution in [0.5, 0.6) is 11.5 Å². The number of hydrogen-bond acceptors (Lipinski definition) is 6. The zero-order valence-corrected chi connectivity index (χ0v) is 26.6. The molecule has 0 aliphatic carbocycles. The van der Waals surface area contributed by atoms with Gasteiger partial charge in [0, 0.05) is 28.7 Å². The number of anilines is 1. The summed E-state index contributed by atoms with van der Waals surface area (Å²) in [6.45, 7) is 5.67. The molecule has 4 rings (SSSR count). The number of amides is 2. The van der Waals surface area contributed by atoms with Crippen LogP contribution in [-0.2, 0) is 26.2 Å². The van der Waals surface area contributed by atoms with Crippen molar-refractivity contribution in [2.75, 3.05) is 24.1 Å². The number of nitrogens with zero attached hydrogens (tertiary/aromatic N) is 2. The Morgan fingerprint density at radius 2 is 1.63 bits per heavy atom. The number of rotatable bonds is 12. The minimum Gasteiger partial charge on any atom is -0.486 e. The molecule has 230 valence electrons. The van der Waals surface area contributed by atoms with E-state index in [4.69, 9.17) is 32.7 Å². The summed E-state index contributed by atoms with van der Waals surface area (Å²) in [5, 5.41) is 3.70. The smallest absolute Gasteiger partial charge is 0.264 e. The lowest BCUT2D eigenvalue weighted by atomic mass is 10.1. The van der Waals surface area contributed by atoms with Gasteiger partial charge in [0.15, 0.2) is 11.5 Å². The molecular formula is C31H35Cl2N3O6S. The van der Waals surface area contributed by atoms with Crippen molar-refractivity contribution in [2.24, 2.45) is 0 Å². The van der Waals surface area contributed by atoms with Crippen molar-refractivity contribution < 1.29 is 27.5 Å². The van der Waals surface area contributed by atoms with Gasteiger partial charge in [0.1, 0.15) is 25.8 Å². The van der Waals surface area contributed by atoms with Crippen molar-refractivity contribution in [3.05, 3.63) is 82.3 Å². The highest BCUT2D eigenvalue weighted by molar-refractivity contribution is 7.92. The molecule has 1 aliphatic heterocycles. The second kappa shape index (κ2) is 14.3. The number of nitrogens with one attached hydrogen (secondary N) is 1. The zero-order valence-electron chi connectivity index (χ0n) is 24.3. The molecule has 0 saturated carbocycles. The van der Waals surface area contributed by atoms with E-state index in [1.807, 2.05) is 13.8 Å². The summed E-state index contributed by atoms with van der Waals surface area (Å²) in [4.78, 5) is 29.1. The number of carbonyl (C=O) groups excluding carboxylic acids is 2. The minimum atomic E-state index is -4.23. The number of benzene rings is 3. The first-order chi connectivity index (χ1) is 20.5. The Balaban J connectivity index is 1.77. The van der Waals surface area contributed by atoms with Gasteiger partial charge in [-0.3, -0.25) is 13.9 Å². The van der Waals surface area contributed by atoms with E-state index in [9.17, 15) is 18.0 Å². The Morgan fingerprint density at radius 1 is 0.930 bits per heavy atom. The number of sulfonamides is 1. The van der Waals surface area contributed by atoms with E-state index < -0.39 is 28.5 Å². The van der Waals surface area contributed by atoms with Crippen LogP contribution in [0.3, 0.4) is 0 Å². The van der Waals surface area contributed by atoms with Crippen LogP contribution in [0.1, 0.15) is 39.2 Å². The fourth-order valence-electron chi connectivity index (χ4n) is 4.63. The molecule has 2 amide bonds. The molecule has 0 saturated heterocycles. The number of carbonyl (C=O) groups is 2. The van der Waals surface area contributed by atoms with Crippen LogP contribution in [0, 0.1) is 0 Å². The summed E-state index contributed by atoms with van der Waals surface area (Å²) in [6, 6.07) is 16.4. The highest BCUT2D eigenvalue weighted by Crippen LogP contribution is 2.36. The molecule has 1 N–H and O–H groups in total. The summed E-state index contributed by atoms with van der Waals surface area (Å²) < 4.78 is 40.4. The standard InChI is InChI=1S/C31H35Cl2N3O6S/c1-4-21(3)34-31(38)27(5-2)35(19-22-11-12-23(32)17-26(22)33)30(37)20-36(43(39,40)25-9-7-6-8-10-25)24-13-14-28-29(18-24)42-16-15-41-28/h6-14,17-18,21,27H,4-5,15-16,19-20H2,1-3H3,(H,34,38)/t21-,27-/m1/s1. The quantitative estimate of drug-likeness (QED) is 0.271. The first-order valence-corrected chi connectivity index (χ1v) is 16.3. The molecule has 43 heavy (non-hydrogen) atoms. The second-order valence-electron chi connectivity index (χ2n) is 10.2. The van der Waals surface area contributed by atoms with Gasteiger partial charge in [0.25, 0.3) is 10.0 Å². The Hall–Kier alpha value is -3.47. The molecule has 3 aromatic rings. The third-order valence-corrected chi connectivity index (χ3v) is 9.54. The predicted molar refractivity (Wildman–Crippen MR) is 167 cm³/mol. The summed E-state index contributed by atoms with van der Waals surface area (Å²) in [7, 11) is -4.23. The lowest BCUT2D eigenvalue weighted by molar-refractivity contribution is -0.140. The van der Waals surface area contributed by atoms with Crippen LogP contribution in [0.2, 0.25) is 10.0 Å². The van der Waals surface area contributed by atoms with Gasteiger partial charge in [-0.2, -0.15) is 0 Å². The van der Waals surface area contributed by atoms with Crippen molar-refractivity contribution in [3.8, 4) is 11.5 Å². The van der Waals surface area contributed by atoms with Gasteiger partial charge < -0.3 is 19.7 Å². The van der Waals surface area contributed by atoms with Crippen LogP contribution < -0.4 is 19.1 Å². The molecule has 2 atom stereocenters. The molecule has 0 bridgehead atoms. The minimum absolute atomic E-state index is 0.00606. The van der Waals surface area contributed by atoms with Crippen molar-refractivity contribution in [1.82, 2.24) is 10.2 Å². The van der Waals surface area contributed by atoms with E-state index in [0.29, 0.717) is 46.7 Å². The van der Waals surface area contributed by atoms with E-state index in [-0.39, 0.29) is 35.5 Å². The Labute approximate surface area is 262 Å². The van der Waals surface area contributed by atoms with Crippen molar-refractivity contribution in [2.45, 2.75) is 57.1 Å². The van der Waals surface area contributed by atoms with Crippen LogP contribution >= 0.6 is 23.2 Å². The summed E-state index contributed by atoms with van der Waals surface area (Å²) >= 11 is 12.6. The molecule has 0 spiro atoms. The first-order valence-electron chi connectivity index (χ1n) is 14.1. The van der Waals surface area contributed by atoms with Gasteiger partial charge in [0.2, 0.25) is 11.8 Å². The largest absolute Gasteiger partial charge is 0.486 e. The van der Waals surface area contributed by atoms with E-state index in [1.165, 1.54) is 23.1 Å². The Kier molecular flexibility index (Phi) is 10.8. The topological polar surface area (TPSA) is 105 Å².